The topological polar surface area (TPSA) is 38.9 Å². The summed E-state index contributed by atoms with van der Waals surface area (Å²) in [6.45, 7) is 0. The molecule has 0 saturated carbocycles. The summed E-state index contributed by atoms with van der Waals surface area (Å²) in [5, 5.41) is 0. The van der Waals surface area contributed by atoms with E-state index in [0.717, 1.165) is 0 Å². The Morgan fingerprint density at radius 1 is 1.46 bits per heavy atom. The minimum absolute atomic E-state index is 0.206. The van der Waals surface area contributed by atoms with Gasteiger partial charge < -0.3 is 5.73 Å². The fourth-order valence-electron chi connectivity index (χ4n) is 1.69. The maximum Gasteiger partial charge on any atom is 0.0332 e. The summed E-state index contributed by atoms with van der Waals surface area (Å²) in [5.41, 5.74) is 7.38. The van der Waals surface area contributed by atoms with Crippen LogP contribution in [0.4, 0.5) is 0 Å². The average Bonchev–Trinajstić information content (AvgIpc) is 2.71. The number of hydrogen-bond acceptors (Lipinski definition) is 3. The zero-order valence-corrected chi connectivity index (χ0v) is 8.33. The minimum atomic E-state index is 0.206. The third-order valence-corrected chi connectivity index (χ3v) is 3.75. The molecule has 0 aliphatic carbocycles. The van der Waals surface area contributed by atoms with Crippen LogP contribution >= 0.6 is 11.8 Å². The number of thioether (sulfide) groups is 1. The summed E-state index contributed by atoms with van der Waals surface area (Å²) in [4.78, 5) is 3.99. The maximum atomic E-state index is 6.16. The molecule has 1 aromatic rings. The van der Waals surface area contributed by atoms with Crippen LogP contribution in [0.2, 0.25) is 0 Å². The van der Waals surface area contributed by atoms with Crippen molar-refractivity contribution in [2.24, 2.45) is 11.7 Å². The smallest absolute Gasteiger partial charge is 0.0332 e. The van der Waals surface area contributed by atoms with E-state index in [2.05, 4.69) is 4.98 Å². The van der Waals surface area contributed by atoms with Gasteiger partial charge in [-0.3, -0.25) is 4.98 Å². The lowest BCUT2D eigenvalue weighted by molar-refractivity contribution is 0.482. The van der Waals surface area contributed by atoms with Gasteiger partial charge in [0.2, 0.25) is 0 Å². The Labute approximate surface area is 82.9 Å². The molecule has 1 aromatic heterocycles. The summed E-state index contributed by atoms with van der Waals surface area (Å²) in [6, 6.07) is 4.25. The fraction of sp³-hybridized carbons (Fsp3) is 0.500. The van der Waals surface area contributed by atoms with E-state index in [0.29, 0.717) is 5.92 Å². The Morgan fingerprint density at radius 2 is 2.23 bits per heavy atom. The third kappa shape index (κ3) is 2.03. The number of hydrogen-bond donors (Lipinski definition) is 1. The van der Waals surface area contributed by atoms with E-state index in [1.54, 1.807) is 0 Å². The van der Waals surface area contributed by atoms with Crippen molar-refractivity contribution in [3.05, 3.63) is 30.1 Å². The predicted octanol–water partition coefficient (Wildman–Crippen LogP) is 1.83. The van der Waals surface area contributed by atoms with Crippen molar-refractivity contribution in [2.45, 2.75) is 12.5 Å². The Hall–Kier alpha value is -0.540. The monoisotopic (exact) mass is 194 g/mol. The van der Waals surface area contributed by atoms with Gasteiger partial charge in [0.15, 0.2) is 0 Å². The maximum absolute atomic E-state index is 6.16. The minimum Gasteiger partial charge on any atom is -0.324 e. The lowest BCUT2D eigenvalue weighted by Gasteiger charge is -2.17. The first-order chi connectivity index (χ1) is 6.38. The SMILES string of the molecule is NC(c1ccncc1)C1CCSC1. The van der Waals surface area contributed by atoms with E-state index in [9.17, 15) is 0 Å². The molecular weight excluding hydrogens is 180 g/mol. The molecule has 2 atom stereocenters. The van der Waals surface area contributed by atoms with Crippen LogP contribution in [-0.2, 0) is 0 Å². The first-order valence-electron chi connectivity index (χ1n) is 4.61. The molecule has 70 valence electrons. The molecule has 2 heterocycles. The first kappa shape index (κ1) is 9.03. The number of nitrogens with two attached hydrogens (primary N) is 1. The van der Waals surface area contributed by atoms with Gasteiger partial charge >= 0.3 is 0 Å². The van der Waals surface area contributed by atoms with Gasteiger partial charge in [-0.25, -0.2) is 0 Å². The van der Waals surface area contributed by atoms with Crippen molar-refractivity contribution in [2.75, 3.05) is 11.5 Å². The van der Waals surface area contributed by atoms with Crippen LogP contribution in [-0.4, -0.2) is 16.5 Å². The van der Waals surface area contributed by atoms with Crippen molar-refractivity contribution < 1.29 is 0 Å². The summed E-state index contributed by atoms with van der Waals surface area (Å²) >= 11 is 2.01. The molecule has 1 saturated heterocycles. The van der Waals surface area contributed by atoms with E-state index in [1.807, 2.05) is 36.3 Å². The average molecular weight is 194 g/mol. The van der Waals surface area contributed by atoms with Crippen LogP contribution in [0.25, 0.3) is 0 Å². The molecule has 0 spiro atoms. The molecule has 1 aliphatic rings. The lowest BCUT2D eigenvalue weighted by Crippen LogP contribution is -2.20. The molecule has 2 nitrogen and oxygen atoms in total. The second-order valence-electron chi connectivity index (χ2n) is 3.43. The molecule has 3 heteroatoms. The third-order valence-electron chi connectivity index (χ3n) is 2.56. The number of nitrogens with zero attached hydrogens (tertiary/aromatic N) is 1. The standard InChI is InChI=1S/C10H14N2S/c11-10(9-3-6-13-7-9)8-1-4-12-5-2-8/h1-2,4-5,9-10H,3,6-7,11H2. The summed E-state index contributed by atoms with van der Waals surface area (Å²) in [6.07, 6.45) is 4.89. The molecular formula is C10H14N2S. The molecule has 0 bridgehead atoms. The van der Waals surface area contributed by atoms with E-state index >= 15 is 0 Å². The van der Waals surface area contributed by atoms with Gasteiger partial charge in [-0.15, -0.1) is 0 Å². The van der Waals surface area contributed by atoms with Gasteiger partial charge in [0, 0.05) is 18.4 Å². The van der Waals surface area contributed by atoms with Crippen LogP contribution in [0.15, 0.2) is 24.5 Å². The van der Waals surface area contributed by atoms with Gasteiger partial charge in [-0.05, 0) is 41.5 Å². The number of pyridine rings is 1. The zero-order chi connectivity index (χ0) is 9.10. The van der Waals surface area contributed by atoms with Crippen molar-refractivity contribution in [3.8, 4) is 0 Å². The molecule has 13 heavy (non-hydrogen) atoms. The Bertz CT molecular complexity index is 257. The van der Waals surface area contributed by atoms with Crippen molar-refractivity contribution >= 4 is 11.8 Å². The number of aromatic nitrogens is 1. The van der Waals surface area contributed by atoms with Gasteiger partial charge in [0.25, 0.3) is 0 Å². The molecule has 2 rings (SSSR count). The molecule has 2 N–H and O–H groups in total. The highest BCUT2D eigenvalue weighted by Crippen LogP contribution is 2.32. The Morgan fingerprint density at radius 3 is 2.85 bits per heavy atom. The van der Waals surface area contributed by atoms with Crippen molar-refractivity contribution in [1.29, 1.82) is 0 Å². The molecule has 2 unspecified atom stereocenters. The van der Waals surface area contributed by atoms with E-state index < -0.39 is 0 Å². The Balaban J connectivity index is 2.08. The number of rotatable bonds is 2. The first-order valence-corrected chi connectivity index (χ1v) is 5.76. The highest BCUT2D eigenvalue weighted by Gasteiger charge is 2.23. The second kappa shape index (κ2) is 4.11. The summed E-state index contributed by atoms with van der Waals surface area (Å²) in [7, 11) is 0. The summed E-state index contributed by atoms with van der Waals surface area (Å²) < 4.78 is 0. The van der Waals surface area contributed by atoms with Crippen LogP contribution in [0, 0.1) is 5.92 Å². The van der Waals surface area contributed by atoms with Crippen LogP contribution in [0.1, 0.15) is 18.0 Å². The molecule has 1 fully saturated rings. The van der Waals surface area contributed by atoms with Gasteiger partial charge in [-0.2, -0.15) is 11.8 Å². The predicted molar refractivity (Wildman–Crippen MR) is 56.6 cm³/mol. The normalized spacial score (nSPS) is 24.5. The largest absolute Gasteiger partial charge is 0.324 e. The van der Waals surface area contributed by atoms with Gasteiger partial charge in [0.05, 0.1) is 0 Å². The van der Waals surface area contributed by atoms with E-state index in [1.165, 1.54) is 23.5 Å². The highest BCUT2D eigenvalue weighted by molar-refractivity contribution is 7.99. The van der Waals surface area contributed by atoms with E-state index in [4.69, 9.17) is 5.73 Å². The highest BCUT2D eigenvalue weighted by atomic mass is 32.2. The quantitative estimate of drug-likeness (QED) is 0.780. The molecule has 1 aliphatic heterocycles. The van der Waals surface area contributed by atoms with Crippen molar-refractivity contribution in [1.82, 2.24) is 4.98 Å². The molecule has 0 aromatic carbocycles. The van der Waals surface area contributed by atoms with Crippen LogP contribution in [0.3, 0.4) is 0 Å². The van der Waals surface area contributed by atoms with Crippen molar-refractivity contribution in [3.63, 3.8) is 0 Å². The second-order valence-corrected chi connectivity index (χ2v) is 4.58. The zero-order valence-electron chi connectivity index (χ0n) is 7.52. The van der Waals surface area contributed by atoms with E-state index in [-0.39, 0.29) is 6.04 Å². The molecule has 0 radical (unpaired) electrons. The van der Waals surface area contributed by atoms with Gasteiger partial charge in [-0.1, -0.05) is 0 Å². The lowest BCUT2D eigenvalue weighted by atomic mass is 9.94. The summed E-state index contributed by atoms with van der Waals surface area (Å²) in [5.74, 6) is 3.14. The Kier molecular flexibility index (Phi) is 2.86. The van der Waals surface area contributed by atoms with Crippen LogP contribution < -0.4 is 5.73 Å². The van der Waals surface area contributed by atoms with Crippen LogP contribution in [0.5, 0.6) is 0 Å². The fourth-order valence-corrected chi connectivity index (χ4v) is 3.01. The van der Waals surface area contributed by atoms with Gasteiger partial charge in [0.1, 0.15) is 0 Å². The molecule has 0 amide bonds.